The fourth-order valence-electron chi connectivity index (χ4n) is 2.28. The van der Waals surface area contributed by atoms with Crippen molar-refractivity contribution < 1.29 is 0 Å². The zero-order valence-electron chi connectivity index (χ0n) is 10.4. The fraction of sp³-hybridized carbons (Fsp3) is 0.200. The summed E-state index contributed by atoms with van der Waals surface area (Å²) in [7, 11) is 0. The topological polar surface area (TPSA) is 36.1 Å². The van der Waals surface area contributed by atoms with E-state index in [2.05, 4.69) is 80.4 Å². The first kappa shape index (κ1) is 12.8. The summed E-state index contributed by atoms with van der Waals surface area (Å²) in [6.45, 7) is 0. The smallest absolute Gasteiger partial charge is 0.118 e. The van der Waals surface area contributed by atoms with Crippen molar-refractivity contribution in [3.63, 3.8) is 0 Å². The average molecular weight is 318 g/mol. The first-order valence-corrected chi connectivity index (χ1v) is 7.26. The fourth-order valence-corrected chi connectivity index (χ4v) is 2.81. The lowest BCUT2D eigenvalue weighted by Gasteiger charge is -2.37. The van der Waals surface area contributed by atoms with Gasteiger partial charge < -0.3 is 0 Å². The molecule has 2 atom stereocenters. The summed E-state index contributed by atoms with van der Waals surface area (Å²) < 4.78 is 0. The number of hydrogen-bond donors (Lipinski definition) is 3. The van der Waals surface area contributed by atoms with Crippen LogP contribution < -0.4 is 16.0 Å². The predicted molar refractivity (Wildman–Crippen MR) is 80.5 cm³/mol. The number of rotatable bonds is 2. The zero-order chi connectivity index (χ0) is 13.1. The minimum absolute atomic E-state index is 0.0733. The molecule has 0 bridgehead atoms. The second-order valence-corrected chi connectivity index (χ2v) is 5.47. The quantitative estimate of drug-likeness (QED) is 0.589. The van der Waals surface area contributed by atoms with E-state index in [1.165, 1.54) is 11.1 Å². The summed E-state index contributed by atoms with van der Waals surface area (Å²) in [5.74, 6) is 0. The standard InChI is InChI=1S/C15H16BrN3/c16-15-18-13(11-7-3-1-4-8-11)17-14(19-15)12-9-5-2-6-10-12/h1-10,13-15,17-19H. The van der Waals surface area contributed by atoms with E-state index in [1.807, 2.05) is 12.1 Å². The Kier molecular flexibility index (Phi) is 3.94. The van der Waals surface area contributed by atoms with Gasteiger partial charge >= 0.3 is 0 Å². The van der Waals surface area contributed by atoms with Gasteiger partial charge in [0.2, 0.25) is 0 Å². The third kappa shape index (κ3) is 3.04. The van der Waals surface area contributed by atoms with Crippen molar-refractivity contribution in [2.75, 3.05) is 0 Å². The molecule has 2 aromatic rings. The molecule has 0 saturated carbocycles. The van der Waals surface area contributed by atoms with Crippen molar-refractivity contribution in [1.82, 2.24) is 16.0 Å². The molecule has 1 heterocycles. The number of nitrogens with one attached hydrogen (secondary N) is 3. The molecule has 1 aliphatic heterocycles. The molecule has 4 heteroatoms. The van der Waals surface area contributed by atoms with E-state index in [4.69, 9.17) is 0 Å². The van der Waals surface area contributed by atoms with E-state index in [9.17, 15) is 0 Å². The van der Waals surface area contributed by atoms with Crippen LogP contribution in [0.15, 0.2) is 60.7 Å². The third-order valence-corrected chi connectivity index (χ3v) is 3.75. The molecule has 19 heavy (non-hydrogen) atoms. The summed E-state index contributed by atoms with van der Waals surface area (Å²) in [6.07, 6.45) is 0.245. The van der Waals surface area contributed by atoms with Gasteiger partial charge in [0, 0.05) is 0 Å². The molecule has 1 fully saturated rings. The second kappa shape index (κ2) is 5.84. The third-order valence-electron chi connectivity index (χ3n) is 3.23. The Morgan fingerprint density at radius 3 is 1.47 bits per heavy atom. The molecule has 0 spiro atoms. The largest absolute Gasteiger partial charge is 0.279 e. The number of alkyl halides is 1. The molecule has 0 radical (unpaired) electrons. The zero-order valence-corrected chi connectivity index (χ0v) is 12.0. The van der Waals surface area contributed by atoms with E-state index < -0.39 is 0 Å². The van der Waals surface area contributed by atoms with E-state index in [0.717, 1.165) is 0 Å². The van der Waals surface area contributed by atoms with Gasteiger partial charge in [-0.2, -0.15) is 0 Å². The molecule has 3 nitrogen and oxygen atoms in total. The minimum atomic E-state index is 0.0733. The number of hydrogen-bond acceptors (Lipinski definition) is 3. The van der Waals surface area contributed by atoms with Crippen LogP contribution >= 0.6 is 15.9 Å². The Bertz CT molecular complexity index is 470. The van der Waals surface area contributed by atoms with Crippen molar-refractivity contribution in [1.29, 1.82) is 0 Å². The molecule has 0 amide bonds. The van der Waals surface area contributed by atoms with Gasteiger partial charge in [0.15, 0.2) is 0 Å². The monoisotopic (exact) mass is 317 g/mol. The molecule has 3 rings (SSSR count). The highest BCUT2D eigenvalue weighted by molar-refractivity contribution is 9.09. The average Bonchev–Trinajstić information content (AvgIpc) is 2.48. The van der Waals surface area contributed by atoms with Crippen molar-refractivity contribution >= 4 is 15.9 Å². The Balaban J connectivity index is 1.82. The van der Waals surface area contributed by atoms with Gasteiger partial charge in [-0.1, -0.05) is 76.6 Å². The lowest BCUT2D eigenvalue weighted by atomic mass is 10.1. The van der Waals surface area contributed by atoms with Gasteiger partial charge in [0.05, 0.1) is 12.3 Å². The highest BCUT2D eigenvalue weighted by atomic mass is 79.9. The maximum absolute atomic E-state index is 3.60. The summed E-state index contributed by atoms with van der Waals surface area (Å²) in [6, 6.07) is 20.8. The van der Waals surface area contributed by atoms with Gasteiger partial charge in [0.25, 0.3) is 0 Å². The molecule has 98 valence electrons. The van der Waals surface area contributed by atoms with Gasteiger partial charge in [-0.05, 0) is 11.1 Å². The highest BCUT2D eigenvalue weighted by Crippen LogP contribution is 2.22. The summed E-state index contributed by atoms with van der Waals surface area (Å²) in [4.78, 5) is 0. The van der Waals surface area contributed by atoms with Crippen molar-refractivity contribution in [2.45, 2.75) is 17.4 Å². The first-order chi connectivity index (χ1) is 9.33. The summed E-state index contributed by atoms with van der Waals surface area (Å²) >= 11 is 3.60. The van der Waals surface area contributed by atoms with Gasteiger partial charge in [-0.3, -0.25) is 16.0 Å². The molecule has 0 aliphatic carbocycles. The van der Waals surface area contributed by atoms with Crippen LogP contribution in [0.1, 0.15) is 23.5 Å². The van der Waals surface area contributed by atoms with Gasteiger partial charge in [-0.25, -0.2) is 0 Å². The van der Waals surface area contributed by atoms with Crippen LogP contribution in [0.5, 0.6) is 0 Å². The molecule has 2 aromatic carbocycles. The van der Waals surface area contributed by atoms with E-state index in [1.54, 1.807) is 0 Å². The molecule has 1 aliphatic rings. The SMILES string of the molecule is BrC1NC(c2ccccc2)NC(c2ccccc2)N1. The first-order valence-electron chi connectivity index (χ1n) is 6.35. The lowest BCUT2D eigenvalue weighted by molar-refractivity contribution is 0.253. The van der Waals surface area contributed by atoms with Crippen LogP contribution in [0.25, 0.3) is 0 Å². The Morgan fingerprint density at radius 1 is 0.632 bits per heavy atom. The maximum Gasteiger partial charge on any atom is 0.118 e. The predicted octanol–water partition coefficient (Wildman–Crippen LogP) is 2.84. The molecular formula is C15H16BrN3. The normalized spacial score (nSPS) is 27.1. The number of benzene rings is 2. The van der Waals surface area contributed by atoms with Crippen LogP contribution in [-0.4, -0.2) is 5.08 Å². The van der Waals surface area contributed by atoms with Crippen LogP contribution in [0, 0.1) is 0 Å². The van der Waals surface area contributed by atoms with Gasteiger partial charge in [-0.15, -0.1) is 0 Å². The summed E-state index contributed by atoms with van der Waals surface area (Å²) in [5, 5.41) is 10.5. The minimum Gasteiger partial charge on any atom is -0.279 e. The highest BCUT2D eigenvalue weighted by Gasteiger charge is 2.26. The Labute approximate surface area is 121 Å². The van der Waals surface area contributed by atoms with Crippen LogP contribution in [-0.2, 0) is 0 Å². The second-order valence-electron chi connectivity index (χ2n) is 4.55. The van der Waals surface area contributed by atoms with E-state index in [0.29, 0.717) is 0 Å². The maximum atomic E-state index is 3.60. The Morgan fingerprint density at radius 2 is 1.05 bits per heavy atom. The van der Waals surface area contributed by atoms with E-state index in [-0.39, 0.29) is 17.4 Å². The molecular weight excluding hydrogens is 302 g/mol. The molecule has 3 N–H and O–H groups in total. The van der Waals surface area contributed by atoms with Crippen molar-refractivity contribution in [3.8, 4) is 0 Å². The van der Waals surface area contributed by atoms with Crippen LogP contribution in [0.2, 0.25) is 0 Å². The van der Waals surface area contributed by atoms with E-state index >= 15 is 0 Å². The van der Waals surface area contributed by atoms with Crippen LogP contribution in [0.4, 0.5) is 0 Å². The Hall–Kier alpha value is -1.20. The van der Waals surface area contributed by atoms with Crippen LogP contribution in [0.3, 0.4) is 0 Å². The number of halogens is 1. The molecule has 0 aromatic heterocycles. The molecule has 1 saturated heterocycles. The molecule has 2 unspecified atom stereocenters. The van der Waals surface area contributed by atoms with Gasteiger partial charge in [0.1, 0.15) is 5.08 Å². The lowest BCUT2D eigenvalue weighted by Crippen LogP contribution is -2.56. The van der Waals surface area contributed by atoms with Crippen molar-refractivity contribution in [3.05, 3.63) is 71.8 Å². The summed E-state index contributed by atoms with van der Waals surface area (Å²) in [5.41, 5.74) is 2.46. The van der Waals surface area contributed by atoms with Crippen molar-refractivity contribution in [2.24, 2.45) is 0 Å².